The molecule has 1 unspecified atom stereocenters. The summed E-state index contributed by atoms with van der Waals surface area (Å²) >= 11 is 0. The molecule has 2 aromatic carbocycles. The second-order valence-electron chi connectivity index (χ2n) is 7.45. The van der Waals surface area contributed by atoms with E-state index >= 15 is 0 Å². The molecule has 158 valence electrons. The number of ether oxygens (including phenoxy) is 1. The third-order valence-electron chi connectivity index (χ3n) is 5.27. The van der Waals surface area contributed by atoms with Gasteiger partial charge in [0.25, 0.3) is 0 Å². The number of nitrogens with zero attached hydrogens (tertiary/aromatic N) is 1. The summed E-state index contributed by atoms with van der Waals surface area (Å²) in [6.45, 7) is 1.86. The van der Waals surface area contributed by atoms with Crippen molar-refractivity contribution >= 4 is 17.8 Å². The van der Waals surface area contributed by atoms with Crippen LogP contribution in [0.1, 0.15) is 40.2 Å². The molecule has 0 spiro atoms. The smallest absolute Gasteiger partial charge is 0.415 e. The van der Waals surface area contributed by atoms with Crippen molar-refractivity contribution in [2.24, 2.45) is 0 Å². The van der Waals surface area contributed by atoms with Crippen LogP contribution in [0.25, 0.3) is 11.5 Å². The molecule has 0 aliphatic carbocycles. The molecule has 7 nitrogen and oxygen atoms in total. The summed E-state index contributed by atoms with van der Waals surface area (Å²) in [6, 6.07) is 16.4. The van der Waals surface area contributed by atoms with Crippen molar-refractivity contribution < 1.29 is 23.5 Å². The molecule has 0 saturated carbocycles. The molecule has 4 rings (SSSR count). The van der Waals surface area contributed by atoms with E-state index in [-0.39, 0.29) is 5.78 Å². The van der Waals surface area contributed by atoms with Gasteiger partial charge in [-0.15, -0.1) is 0 Å². The summed E-state index contributed by atoms with van der Waals surface area (Å²) < 4.78 is 10.2. The van der Waals surface area contributed by atoms with Gasteiger partial charge in [0.05, 0.1) is 5.69 Å². The number of cyclic esters (lactones) is 2. The molecule has 7 heteroatoms. The van der Waals surface area contributed by atoms with Crippen LogP contribution in [-0.4, -0.2) is 28.9 Å². The van der Waals surface area contributed by atoms with Crippen LogP contribution in [0.4, 0.5) is 4.79 Å². The number of hydrogen-bond donors (Lipinski definition) is 1. The predicted octanol–water partition coefficient (Wildman–Crippen LogP) is 4.03. The Bertz CT molecular complexity index is 1100. The van der Waals surface area contributed by atoms with Crippen LogP contribution < -0.4 is 5.32 Å². The van der Waals surface area contributed by atoms with Gasteiger partial charge in [0.1, 0.15) is 11.8 Å². The predicted molar refractivity (Wildman–Crippen MR) is 113 cm³/mol. The highest BCUT2D eigenvalue weighted by molar-refractivity contribution is 5.96. The normalized spacial score (nSPS) is 15.6. The molecule has 1 aromatic heterocycles. The minimum absolute atomic E-state index is 0.0295. The Morgan fingerprint density at radius 1 is 1.03 bits per heavy atom. The van der Waals surface area contributed by atoms with E-state index in [9.17, 15) is 14.4 Å². The van der Waals surface area contributed by atoms with Crippen LogP contribution >= 0.6 is 0 Å². The van der Waals surface area contributed by atoms with Crippen LogP contribution in [0, 0.1) is 6.92 Å². The lowest BCUT2D eigenvalue weighted by molar-refractivity contribution is -0.135. The standard InChI is InChI=1S/C24H22N2O5/c1-15-19(25-22(30-15)18-5-3-2-4-6-18)13-14-21(27)17-10-7-16(8-11-17)9-12-20-23(28)31-24(29)26-20/h2-8,10-11,20H,9,12-14H2,1H3,(H,26,29). The molecule has 1 aliphatic heterocycles. The summed E-state index contributed by atoms with van der Waals surface area (Å²) in [7, 11) is 0. The minimum atomic E-state index is -0.700. The van der Waals surface area contributed by atoms with Gasteiger partial charge in [0, 0.05) is 24.0 Å². The number of hydrogen-bond acceptors (Lipinski definition) is 6. The molecule has 2 heterocycles. The van der Waals surface area contributed by atoms with Gasteiger partial charge in [-0.2, -0.15) is 0 Å². The van der Waals surface area contributed by atoms with E-state index in [0.717, 1.165) is 22.6 Å². The Labute approximate surface area is 179 Å². The molecule has 1 aliphatic rings. The zero-order valence-corrected chi connectivity index (χ0v) is 17.1. The average molecular weight is 418 g/mol. The van der Waals surface area contributed by atoms with Crippen LogP contribution in [0.3, 0.4) is 0 Å². The van der Waals surface area contributed by atoms with Crippen LogP contribution in [0.2, 0.25) is 0 Å². The lowest BCUT2D eigenvalue weighted by atomic mass is 10.0. The molecular formula is C24H22N2O5. The number of nitrogens with one attached hydrogen (secondary N) is 1. The molecular weight excluding hydrogens is 396 g/mol. The Hall–Kier alpha value is -3.74. The third-order valence-corrected chi connectivity index (χ3v) is 5.27. The Morgan fingerprint density at radius 3 is 2.45 bits per heavy atom. The third kappa shape index (κ3) is 4.88. The van der Waals surface area contributed by atoms with E-state index < -0.39 is 18.1 Å². The molecule has 1 saturated heterocycles. The number of carbonyl (C=O) groups excluding carboxylic acids is 3. The van der Waals surface area contributed by atoms with E-state index in [2.05, 4.69) is 15.0 Å². The molecule has 3 aromatic rings. The highest BCUT2D eigenvalue weighted by atomic mass is 16.6. The van der Waals surface area contributed by atoms with Gasteiger partial charge in [-0.1, -0.05) is 42.5 Å². The van der Waals surface area contributed by atoms with Crippen LogP contribution in [0.15, 0.2) is 59.0 Å². The van der Waals surface area contributed by atoms with E-state index in [1.807, 2.05) is 49.4 Å². The van der Waals surface area contributed by atoms with E-state index in [1.165, 1.54) is 0 Å². The van der Waals surface area contributed by atoms with Crippen molar-refractivity contribution in [3.8, 4) is 11.5 Å². The van der Waals surface area contributed by atoms with Crippen molar-refractivity contribution in [3.63, 3.8) is 0 Å². The van der Waals surface area contributed by atoms with Gasteiger partial charge in [0.15, 0.2) is 5.78 Å². The van der Waals surface area contributed by atoms with Gasteiger partial charge in [-0.25, -0.2) is 14.6 Å². The van der Waals surface area contributed by atoms with Gasteiger partial charge < -0.3 is 14.5 Å². The molecule has 1 atom stereocenters. The highest BCUT2D eigenvalue weighted by Gasteiger charge is 2.31. The molecule has 1 fully saturated rings. The second-order valence-corrected chi connectivity index (χ2v) is 7.45. The molecule has 0 radical (unpaired) electrons. The van der Waals surface area contributed by atoms with Gasteiger partial charge in [0.2, 0.25) is 5.89 Å². The van der Waals surface area contributed by atoms with Crippen LogP contribution in [-0.2, 0) is 22.4 Å². The summed E-state index contributed by atoms with van der Waals surface area (Å²) in [5.41, 5.74) is 3.30. The number of alkyl carbamates (subject to hydrolysis) is 1. The fourth-order valence-corrected chi connectivity index (χ4v) is 3.49. The SMILES string of the molecule is Cc1oc(-c2ccccc2)nc1CCC(=O)c1ccc(CCC2NC(=O)OC2=O)cc1. The molecule has 0 bridgehead atoms. The summed E-state index contributed by atoms with van der Waals surface area (Å²) in [6.07, 6.45) is 1.18. The maximum absolute atomic E-state index is 12.6. The molecule has 31 heavy (non-hydrogen) atoms. The topological polar surface area (TPSA) is 98.5 Å². The number of Topliss-reactive ketones (excluding diaryl/α,β-unsaturated/α-hetero) is 1. The van der Waals surface area contributed by atoms with E-state index in [1.54, 1.807) is 12.1 Å². The number of oxazole rings is 1. The second kappa shape index (κ2) is 8.95. The van der Waals surface area contributed by atoms with Crippen molar-refractivity contribution in [3.05, 3.63) is 77.2 Å². The Morgan fingerprint density at radius 2 is 1.77 bits per heavy atom. The first kappa shape index (κ1) is 20.5. The quantitative estimate of drug-likeness (QED) is 0.337. The maximum atomic E-state index is 12.6. The minimum Gasteiger partial charge on any atom is -0.441 e. The number of aromatic nitrogens is 1. The number of carbonyl (C=O) groups is 3. The average Bonchev–Trinajstić information content (AvgIpc) is 3.32. The van der Waals surface area contributed by atoms with E-state index in [0.29, 0.717) is 37.1 Å². The lowest BCUT2D eigenvalue weighted by Gasteiger charge is -2.06. The highest BCUT2D eigenvalue weighted by Crippen LogP contribution is 2.22. The lowest BCUT2D eigenvalue weighted by Crippen LogP contribution is -2.29. The fraction of sp³-hybridized carbons (Fsp3) is 0.250. The summed E-state index contributed by atoms with van der Waals surface area (Å²) in [5.74, 6) is 0.768. The zero-order chi connectivity index (χ0) is 21.8. The van der Waals surface area contributed by atoms with Crippen molar-refractivity contribution in [2.45, 2.75) is 38.6 Å². The van der Waals surface area contributed by atoms with Crippen molar-refractivity contribution in [1.82, 2.24) is 10.3 Å². The maximum Gasteiger partial charge on any atom is 0.415 e. The number of ketones is 1. The van der Waals surface area contributed by atoms with Gasteiger partial charge >= 0.3 is 12.1 Å². The first-order valence-electron chi connectivity index (χ1n) is 10.2. The Kier molecular flexibility index (Phi) is 5.93. The number of benzene rings is 2. The molecule has 1 amide bonds. The first-order valence-corrected chi connectivity index (χ1v) is 10.2. The monoisotopic (exact) mass is 418 g/mol. The zero-order valence-electron chi connectivity index (χ0n) is 17.1. The van der Waals surface area contributed by atoms with Crippen molar-refractivity contribution in [2.75, 3.05) is 0 Å². The number of amides is 1. The van der Waals surface area contributed by atoms with Gasteiger partial charge in [-0.3, -0.25) is 4.79 Å². The van der Waals surface area contributed by atoms with Crippen molar-refractivity contribution in [1.29, 1.82) is 0 Å². The number of rotatable bonds is 8. The number of esters is 1. The Balaban J connectivity index is 1.31. The number of aryl methyl sites for hydroxylation is 3. The summed E-state index contributed by atoms with van der Waals surface area (Å²) in [4.78, 5) is 39.7. The van der Waals surface area contributed by atoms with Crippen LogP contribution in [0.5, 0.6) is 0 Å². The van der Waals surface area contributed by atoms with Gasteiger partial charge in [-0.05, 0) is 37.5 Å². The van der Waals surface area contributed by atoms with E-state index in [4.69, 9.17) is 4.42 Å². The fourth-order valence-electron chi connectivity index (χ4n) is 3.49. The molecule has 1 N–H and O–H groups in total. The largest absolute Gasteiger partial charge is 0.441 e. The summed E-state index contributed by atoms with van der Waals surface area (Å²) in [5, 5.41) is 2.47. The first-order chi connectivity index (χ1) is 15.0.